The largest absolute Gasteiger partial charge is 0.466 e. The van der Waals surface area contributed by atoms with Crippen molar-refractivity contribution in [3.05, 3.63) is 68.0 Å². The highest BCUT2D eigenvalue weighted by atomic mass is 35.5. The van der Waals surface area contributed by atoms with Gasteiger partial charge in [-0.05, 0) is 13.0 Å². The second kappa shape index (κ2) is 9.74. The van der Waals surface area contributed by atoms with Gasteiger partial charge in [-0.15, -0.1) is 0 Å². The highest BCUT2D eigenvalue weighted by Crippen LogP contribution is 2.33. The summed E-state index contributed by atoms with van der Waals surface area (Å²) >= 11 is 6.00. The smallest absolute Gasteiger partial charge is 0.431 e. The Morgan fingerprint density at radius 2 is 1.77 bits per heavy atom. The molecule has 186 valence electrons. The predicted octanol–water partition coefficient (Wildman–Crippen LogP) is 2.87. The van der Waals surface area contributed by atoms with Gasteiger partial charge in [0.2, 0.25) is 11.8 Å². The fourth-order valence-electron chi connectivity index (χ4n) is 2.84. The maximum Gasteiger partial charge on any atom is 0.431 e. The fourth-order valence-corrected chi connectivity index (χ4v) is 3.03. The van der Waals surface area contributed by atoms with Crippen LogP contribution in [-0.4, -0.2) is 38.3 Å². The first-order valence-electron chi connectivity index (χ1n) is 9.47. The molecule has 0 saturated heterocycles. The lowest BCUT2D eigenvalue weighted by Crippen LogP contribution is -2.41. The van der Waals surface area contributed by atoms with Crippen molar-refractivity contribution in [3.8, 4) is 23.2 Å². The molecule has 0 spiro atoms. The monoisotopic (exact) mass is 518 g/mol. The standard InChI is InChI=1S/C20H15ClF4N4O6/c1-9(18(31)33-3)34-15-7-16(27-8-26-15)35-13-5-12(11(22)4-10(13)21)29-17(30)6-14(20(23,24)25)28(2)19(29)32/h4-9H,1-3H3. The number of hydrogen-bond donors (Lipinski definition) is 0. The highest BCUT2D eigenvalue weighted by molar-refractivity contribution is 6.32. The van der Waals surface area contributed by atoms with Gasteiger partial charge in [-0.2, -0.15) is 13.2 Å². The number of carbonyl (C=O) groups excluding carboxylic acids is 1. The molecule has 0 aliphatic rings. The van der Waals surface area contributed by atoms with E-state index in [1.807, 2.05) is 0 Å². The van der Waals surface area contributed by atoms with Crippen LogP contribution in [-0.2, 0) is 22.8 Å². The van der Waals surface area contributed by atoms with Gasteiger partial charge in [-0.25, -0.2) is 28.5 Å². The summed E-state index contributed by atoms with van der Waals surface area (Å²) in [6.07, 6.45) is -4.99. The Labute approximate surface area is 198 Å². The average Bonchev–Trinajstić information content (AvgIpc) is 2.78. The summed E-state index contributed by atoms with van der Waals surface area (Å²) < 4.78 is 69.6. The van der Waals surface area contributed by atoms with Gasteiger partial charge in [-0.1, -0.05) is 11.6 Å². The molecule has 0 amide bonds. The summed E-state index contributed by atoms with van der Waals surface area (Å²) in [6, 6.07) is 2.86. The number of benzene rings is 1. The van der Waals surface area contributed by atoms with Gasteiger partial charge in [0, 0.05) is 19.2 Å². The minimum atomic E-state index is -4.99. The lowest BCUT2D eigenvalue weighted by atomic mass is 10.2. The van der Waals surface area contributed by atoms with E-state index in [1.165, 1.54) is 14.0 Å². The van der Waals surface area contributed by atoms with Crippen LogP contribution in [0.1, 0.15) is 12.6 Å². The van der Waals surface area contributed by atoms with E-state index in [1.54, 1.807) is 0 Å². The molecule has 0 aliphatic heterocycles. The van der Waals surface area contributed by atoms with Gasteiger partial charge < -0.3 is 14.2 Å². The molecule has 2 heterocycles. The Morgan fingerprint density at radius 3 is 2.40 bits per heavy atom. The predicted molar refractivity (Wildman–Crippen MR) is 111 cm³/mol. The molecule has 0 N–H and O–H groups in total. The molecule has 0 aliphatic carbocycles. The Morgan fingerprint density at radius 1 is 1.11 bits per heavy atom. The first-order valence-corrected chi connectivity index (χ1v) is 9.85. The van der Waals surface area contributed by atoms with Crippen LogP contribution in [0.5, 0.6) is 17.5 Å². The molecule has 0 fully saturated rings. The maximum atomic E-state index is 14.6. The lowest BCUT2D eigenvalue weighted by Gasteiger charge is -2.15. The van der Waals surface area contributed by atoms with Gasteiger partial charge in [0.05, 0.1) is 23.9 Å². The summed E-state index contributed by atoms with van der Waals surface area (Å²) in [7, 11) is 1.95. The summed E-state index contributed by atoms with van der Waals surface area (Å²) in [5.41, 5.74) is -5.11. The maximum absolute atomic E-state index is 14.6. The van der Waals surface area contributed by atoms with Gasteiger partial charge >= 0.3 is 17.8 Å². The summed E-state index contributed by atoms with van der Waals surface area (Å²) in [4.78, 5) is 44.0. The number of aromatic nitrogens is 4. The first-order chi connectivity index (χ1) is 16.3. The van der Waals surface area contributed by atoms with Crippen molar-refractivity contribution in [1.29, 1.82) is 0 Å². The number of carbonyl (C=O) groups is 1. The van der Waals surface area contributed by atoms with Crippen LogP contribution in [0.4, 0.5) is 17.6 Å². The normalized spacial score (nSPS) is 12.2. The molecule has 1 unspecified atom stereocenters. The van der Waals surface area contributed by atoms with E-state index in [4.69, 9.17) is 21.1 Å². The molecule has 0 radical (unpaired) electrons. The van der Waals surface area contributed by atoms with Crippen molar-refractivity contribution in [2.75, 3.05) is 7.11 Å². The topological polar surface area (TPSA) is 115 Å². The van der Waals surface area contributed by atoms with E-state index in [0.717, 1.165) is 25.5 Å². The number of nitrogens with zero attached hydrogens (tertiary/aromatic N) is 4. The van der Waals surface area contributed by atoms with E-state index < -0.39 is 46.7 Å². The number of esters is 1. The third-order valence-corrected chi connectivity index (χ3v) is 4.81. The third-order valence-electron chi connectivity index (χ3n) is 4.51. The Bertz CT molecular complexity index is 1410. The van der Waals surface area contributed by atoms with Crippen LogP contribution in [0, 0.1) is 5.82 Å². The van der Waals surface area contributed by atoms with Crippen molar-refractivity contribution < 1.29 is 36.6 Å². The molecule has 0 saturated carbocycles. The number of rotatable bonds is 6. The quantitative estimate of drug-likeness (QED) is 0.361. The number of alkyl halides is 3. The van der Waals surface area contributed by atoms with Gasteiger partial charge in [0.1, 0.15) is 23.6 Å². The van der Waals surface area contributed by atoms with Crippen molar-refractivity contribution in [1.82, 2.24) is 19.1 Å². The van der Waals surface area contributed by atoms with Crippen LogP contribution >= 0.6 is 11.6 Å². The van der Waals surface area contributed by atoms with Crippen LogP contribution in [0.3, 0.4) is 0 Å². The fraction of sp³-hybridized carbons (Fsp3) is 0.250. The zero-order valence-corrected chi connectivity index (χ0v) is 18.8. The number of halogens is 5. The van der Waals surface area contributed by atoms with E-state index in [9.17, 15) is 31.9 Å². The molecule has 0 bridgehead atoms. The van der Waals surface area contributed by atoms with Gasteiger partial charge in [0.25, 0.3) is 5.56 Å². The Hall–Kier alpha value is -3.94. The Balaban J connectivity index is 2.03. The second-order valence-electron chi connectivity index (χ2n) is 6.86. The van der Waals surface area contributed by atoms with Crippen LogP contribution < -0.4 is 20.7 Å². The summed E-state index contributed by atoms with van der Waals surface area (Å²) in [5.74, 6) is -2.46. The van der Waals surface area contributed by atoms with E-state index in [-0.39, 0.29) is 37.7 Å². The second-order valence-corrected chi connectivity index (χ2v) is 7.26. The molecule has 10 nitrogen and oxygen atoms in total. The van der Waals surface area contributed by atoms with Crippen molar-refractivity contribution in [2.24, 2.45) is 7.05 Å². The molecule has 2 aromatic heterocycles. The SMILES string of the molecule is COC(=O)C(C)Oc1cc(Oc2cc(-n3c(=O)cc(C(F)(F)F)n(C)c3=O)c(F)cc2Cl)ncn1. The average molecular weight is 519 g/mol. The van der Waals surface area contributed by atoms with Crippen LogP contribution in [0.2, 0.25) is 5.02 Å². The number of methoxy groups -OCH3 is 1. The molecular formula is C20H15ClF4N4O6. The van der Waals surface area contributed by atoms with Crippen molar-refractivity contribution in [2.45, 2.75) is 19.2 Å². The number of ether oxygens (including phenoxy) is 3. The highest BCUT2D eigenvalue weighted by Gasteiger charge is 2.35. The van der Waals surface area contributed by atoms with E-state index >= 15 is 0 Å². The third kappa shape index (κ3) is 5.42. The zero-order valence-electron chi connectivity index (χ0n) is 18.1. The summed E-state index contributed by atoms with van der Waals surface area (Å²) in [5, 5.41) is -0.313. The number of hydrogen-bond acceptors (Lipinski definition) is 8. The van der Waals surface area contributed by atoms with Crippen LogP contribution in [0.25, 0.3) is 5.69 Å². The van der Waals surface area contributed by atoms with Crippen molar-refractivity contribution >= 4 is 17.6 Å². The first kappa shape index (κ1) is 25.7. The minimum Gasteiger partial charge on any atom is -0.466 e. The van der Waals surface area contributed by atoms with Crippen molar-refractivity contribution in [3.63, 3.8) is 0 Å². The van der Waals surface area contributed by atoms with Gasteiger partial charge in [-0.3, -0.25) is 9.36 Å². The van der Waals surface area contributed by atoms with Crippen LogP contribution in [0.15, 0.2) is 40.2 Å². The molecule has 1 atom stereocenters. The minimum absolute atomic E-state index is 0.0980. The lowest BCUT2D eigenvalue weighted by molar-refractivity contribution is -0.148. The Kier molecular flexibility index (Phi) is 7.14. The molecule has 15 heteroatoms. The molecule has 3 rings (SSSR count). The summed E-state index contributed by atoms with van der Waals surface area (Å²) in [6.45, 7) is 1.40. The van der Waals surface area contributed by atoms with E-state index in [0.29, 0.717) is 6.07 Å². The van der Waals surface area contributed by atoms with E-state index in [2.05, 4.69) is 14.7 Å². The molecule has 1 aromatic carbocycles. The molecule has 35 heavy (non-hydrogen) atoms. The zero-order chi connectivity index (χ0) is 26.1. The van der Waals surface area contributed by atoms with Gasteiger partial charge in [0.15, 0.2) is 6.10 Å². The molecular weight excluding hydrogens is 504 g/mol. The molecule has 3 aromatic rings.